The first-order chi connectivity index (χ1) is 11.2. The predicted octanol–water partition coefficient (Wildman–Crippen LogP) is 2.76. The number of hydrogen-bond acceptors (Lipinski definition) is 5. The van der Waals surface area contributed by atoms with E-state index in [-0.39, 0.29) is 18.7 Å². The quantitative estimate of drug-likeness (QED) is 0.792. The zero-order valence-electron chi connectivity index (χ0n) is 14.2. The Balaban J connectivity index is 2.13. The molecule has 2 rings (SSSR count). The lowest BCUT2D eigenvalue weighted by Crippen LogP contribution is -2.44. The maximum absolute atomic E-state index is 13.7. The minimum Gasteiger partial charge on any atom is -0.485 e. The van der Waals surface area contributed by atoms with Crippen molar-refractivity contribution in [1.29, 1.82) is 0 Å². The number of para-hydroxylation sites is 1. The van der Waals surface area contributed by atoms with Crippen LogP contribution >= 0.6 is 0 Å². The Morgan fingerprint density at radius 1 is 1.25 bits per heavy atom. The third-order valence-corrected chi connectivity index (χ3v) is 3.49. The van der Waals surface area contributed by atoms with Crippen LogP contribution in [0.5, 0.6) is 5.75 Å². The number of carbonyl (C=O) groups excluding carboxylic acids is 2. The molecular formula is C17H22FNO5. The molecule has 1 amide bonds. The highest BCUT2D eigenvalue weighted by atomic mass is 19.1. The Kier molecular flexibility index (Phi) is 5.31. The normalized spacial score (nSPS) is 20.6. The van der Waals surface area contributed by atoms with Crippen molar-refractivity contribution in [2.75, 3.05) is 13.7 Å². The molecule has 0 bridgehead atoms. The number of esters is 1. The molecule has 6 nitrogen and oxygen atoms in total. The van der Waals surface area contributed by atoms with E-state index in [2.05, 4.69) is 0 Å². The number of rotatable bonds is 3. The Hall–Kier alpha value is -2.31. The van der Waals surface area contributed by atoms with Crippen molar-refractivity contribution >= 4 is 12.1 Å². The fourth-order valence-electron chi connectivity index (χ4n) is 2.48. The van der Waals surface area contributed by atoms with Crippen LogP contribution in [0.25, 0.3) is 0 Å². The summed E-state index contributed by atoms with van der Waals surface area (Å²) in [6.45, 7) is 5.33. The number of likely N-dealkylation sites (tertiary alicyclic amines) is 1. The highest BCUT2D eigenvalue weighted by Crippen LogP contribution is 2.27. The minimum absolute atomic E-state index is 0.0807. The van der Waals surface area contributed by atoms with Crippen LogP contribution < -0.4 is 4.74 Å². The molecule has 1 aliphatic heterocycles. The monoisotopic (exact) mass is 339 g/mol. The van der Waals surface area contributed by atoms with Gasteiger partial charge < -0.3 is 14.2 Å². The standard InChI is InChI=1S/C17H22FNO5/c1-17(2,3)24-16(21)19-10-11(9-13(19)15(20)22-4)23-14-8-6-5-7-12(14)18/h5-8,11,13H,9-10H2,1-4H3/t11-,13+/m1/s1. The summed E-state index contributed by atoms with van der Waals surface area (Å²) < 4.78 is 29.4. The number of hydrogen-bond donors (Lipinski definition) is 0. The fourth-order valence-corrected chi connectivity index (χ4v) is 2.48. The molecule has 7 heteroatoms. The first-order valence-electron chi connectivity index (χ1n) is 7.70. The Morgan fingerprint density at radius 2 is 1.92 bits per heavy atom. The summed E-state index contributed by atoms with van der Waals surface area (Å²) in [4.78, 5) is 25.5. The van der Waals surface area contributed by atoms with Crippen molar-refractivity contribution in [3.63, 3.8) is 0 Å². The molecule has 1 fully saturated rings. The average molecular weight is 339 g/mol. The fraction of sp³-hybridized carbons (Fsp3) is 0.529. The van der Waals surface area contributed by atoms with E-state index in [9.17, 15) is 14.0 Å². The van der Waals surface area contributed by atoms with Gasteiger partial charge in [0.1, 0.15) is 17.7 Å². The van der Waals surface area contributed by atoms with Gasteiger partial charge in [-0.2, -0.15) is 0 Å². The third kappa shape index (κ3) is 4.37. The van der Waals surface area contributed by atoms with Gasteiger partial charge in [-0.05, 0) is 32.9 Å². The van der Waals surface area contributed by atoms with Crippen molar-refractivity contribution < 1.29 is 28.2 Å². The lowest BCUT2D eigenvalue weighted by molar-refractivity contribution is -0.145. The number of halogens is 1. The summed E-state index contributed by atoms with van der Waals surface area (Å²) in [5.41, 5.74) is -0.692. The summed E-state index contributed by atoms with van der Waals surface area (Å²) in [6, 6.07) is 5.17. The summed E-state index contributed by atoms with van der Waals surface area (Å²) >= 11 is 0. The van der Waals surface area contributed by atoms with Gasteiger partial charge in [-0.3, -0.25) is 4.90 Å². The lowest BCUT2D eigenvalue weighted by atomic mass is 10.2. The molecule has 1 aromatic rings. The number of benzene rings is 1. The van der Waals surface area contributed by atoms with Crippen LogP contribution in [0.15, 0.2) is 24.3 Å². The molecule has 0 aromatic heterocycles. The van der Waals surface area contributed by atoms with Crippen molar-refractivity contribution in [3.8, 4) is 5.75 Å². The molecule has 1 aliphatic rings. The number of amides is 1. The number of nitrogens with zero attached hydrogens (tertiary/aromatic N) is 1. The van der Waals surface area contributed by atoms with Gasteiger partial charge in [0.15, 0.2) is 11.6 Å². The Labute approximate surface area is 140 Å². The van der Waals surface area contributed by atoms with Gasteiger partial charge in [0.25, 0.3) is 0 Å². The van der Waals surface area contributed by atoms with Crippen molar-refractivity contribution in [2.24, 2.45) is 0 Å². The second kappa shape index (κ2) is 7.07. The van der Waals surface area contributed by atoms with Crippen LogP contribution in [-0.2, 0) is 14.3 Å². The topological polar surface area (TPSA) is 65.1 Å². The molecule has 0 spiro atoms. The van der Waals surface area contributed by atoms with E-state index in [1.165, 1.54) is 24.1 Å². The molecule has 0 radical (unpaired) electrons. The lowest BCUT2D eigenvalue weighted by Gasteiger charge is -2.27. The Morgan fingerprint density at radius 3 is 2.50 bits per heavy atom. The molecule has 0 aliphatic carbocycles. The molecule has 1 aromatic carbocycles. The van der Waals surface area contributed by atoms with Gasteiger partial charge >= 0.3 is 12.1 Å². The molecule has 24 heavy (non-hydrogen) atoms. The average Bonchev–Trinajstić information content (AvgIpc) is 2.91. The molecule has 1 heterocycles. The molecule has 1 saturated heterocycles. The molecule has 0 saturated carbocycles. The van der Waals surface area contributed by atoms with E-state index in [0.717, 1.165) is 0 Å². The molecule has 0 N–H and O–H groups in total. The van der Waals surface area contributed by atoms with E-state index in [4.69, 9.17) is 14.2 Å². The third-order valence-electron chi connectivity index (χ3n) is 3.49. The van der Waals surface area contributed by atoms with Gasteiger partial charge in [0, 0.05) is 6.42 Å². The first-order valence-corrected chi connectivity index (χ1v) is 7.70. The van der Waals surface area contributed by atoms with Crippen LogP contribution in [0.3, 0.4) is 0 Å². The van der Waals surface area contributed by atoms with E-state index >= 15 is 0 Å². The van der Waals surface area contributed by atoms with Gasteiger partial charge in [-0.1, -0.05) is 12.1 Å². The van der Waals surface area contributed by atoms with E-state index in [1.807, 2.05) is 0 Å². The van der Waals surface area contributed by atoms with Crippen LogP contribution in [0, 0.1) is 5.82 Å². The van der Waals surface area contributed by atoms with E-state index in [0.29, 0.717) is 0 Å². The molecule has 132 valence electrons. The molecule has 0 unspecified atom stereocenters. The van der Waals surface area contributed by atoms with Crippen LogP contribution in [0.2, 0.25) is 0 Å². The maximum atomic E-state index is 13.7. The minimum atomic E-state index is -0.818. The van der Waals surface area contributed by atoms with Crippen molar-refractivity contribution in [2.45, 2.75) is 44.9 Å². The van der Waals surface area contributed by atoms with E-state index < -0.39 is 35.6 Å². The van der Waals surface area contributed by atoms with E-state index in [1.54, 1.807) is 32.9 Å². The number of methoxy groups -OCH3 is 1. The largest absolute Gasteiger partial charge is 0.485 e. The number of carbonyl (C=O) groups is 2. The zero-order valence-corrected chi connectivity index (χ0v) is 14.2. The highest BCUT2D eigenvalue weighted by molar-refractivity contribution is 5.82. The van der Waals surface area contributed by atoms with Crippen LogP contribution in [0.1, 0.15) is 27.2 Å². The van der Waals surface area contributed by atoms with Crippen LogP contribution in [-0.4, -0.2) is 48.4 Å². The van der Waals surface area contributed by atoms with Crippen molar-refractivity contribution in [3.05, 3.63) is 30.1 Å². The zero-order chi connectivity index (χ0) is 17.9. The second-order valence-corrected chi connectivity index (χ2v) is 6.58. The number of ether oxygens (including phenoxy) is 3. The summed E-state index contributed by atoms with van der Waals surface area (Å²) in [5.74, 6) is -0.972. The SMILES string of the molecule is COC(=O)[C@@H]1C[C@@H](Oc2ccccc2F)CN1C(=O)OC(C)(C)C. The maximum Gasteiger partial charge on any atom is 0.411 e. The summed E-state index contributed by atoms with van der Waals surface area (Å²) in [7, 11) is 1.25. The van der Waals surface area contributed by atoms with Gasteiger partial charge in [-0.25, -0.2) is 14.0 Å². The highest BCUT2D eigenvalue weighted by Gasteiger charge is 2.43. The Bertz CT molecular complexity index is 613. The van der Waals surface area contributed by atoms with Gasteiger partial charge in [-0.15, -0.1) is 0 Å². The van der Waals surface area contributed by atoms with Gasteiger partial charge in [0.2, 0.25) is 0 Å². The van der Waals surface area contributed by atoms with Crippen LogP contribution in [0.4, 0.5) is 9.18 Å². The molecular weight excluding hydrogens is 317 g/mol. The first kappa shape index (κ1) is 18.0. The smallest absolute Gasteiger partial charge is 0.411 e. The predicted molar refractivity (Wildman–Crippen MR) is 84.2 cm³/mol. The van der Waals surface area contributed by atoms with Crippen molar-refractivity contribution in [1.82, 2.24) is 4.90 Å². The van der Waals surface area contributed by atoms with Gasteiger partial charge in [0.05, 0.1) is 13.7 Å². The second-order valence-electron chi connectivity index (χ2n) is 6.58. The molecule has 2 atom stereocenters. The summed E-state index contributed by atoms with van der Waals surface area (Å²) in [6.07, 6.45) is -0.948. The summed E-state index contributed by atoms with van der Waals surface area (Å²) in [5, 5.41) is 0.